The molecule has 0 aromatic heterocycles. The predicted octanol–water partition coefficient (Wildman–Crippen LogP) is 1.47. The lowest BCUT2D eigenvalue weighted by Gasteiger charge is -2.11. The molecular formula is C14H12N2O6S. The molecule has 0 saturated heterocycles. The Morgan fingerprint density at radius 2 is 1.70 bits per heavy atom. The number of hydrogen-bond acceptors (Lipinski definition) is 5. The van der Waals surface area contributed by atoms with Gasteiger partial charge in [0, 0.05) is 11.4 Å². The van der Waals surface area contributed by atoms with E-state index in [-0.39, 0.29) is 16.9 Å². The van der Waals surface area contributed by atoms with Gasteiger partial charge in [-0.2, -0.15) is 0 Å². The van der Waals surface area contributed by atoms with Gasteiger partial charge in [0.05, 0.1) is 11.1 Å². The van der Waals surface area contributed by atoms with Gasteiger partial charge in [-0.1, -0.05) is 6.07 Å². The Morgan fingerprint density at radius 1 is 1.00 bits per heavy atom. The van der Waals surface area contributed by atoms with E-state index in [1.807, 2.05) is 0 Å². The molecule has 5 N–H and O–H groups in total. The molecule has 2 aromatic carbocycles. The number of carboxylic acid groups (broad SMARTS) is 2. The van der Waals surface area contributed by atoms with Crippen LogP contribution >= 0.6 is 0 Å². The SMILES string of the molecule is Nc1ccc(S(=O)(=O)Nc2cccc(C(=O)O)c2)c(C(=O)O)c1. The minimum atomic E-state index is -4.23. The standard InChI is InChI=1S/C14H12N2O6S/c15-9-4-5-12(11(7-9)14(19)20)23(21,22)16-10-3-1-2-8(6-10)13(17)18/h1-7,16H,15H2,(H,17,18)(H,19,20). The van der Waals surface area contributed by atoms with E-state index >= 15 is 0 Å². The molecule has 0 heterocycles. The number of sulfonamides is 1. The molecule has 23 heavy (non-hydrogen) atoms. The molecule has 0 aliphatic rings. The molecule has 2 rings (SSSR count). The molecule has 0 radical (unpaired) electrons. The van der Waals surface area contributed by atoms with Crippen molar-refractivity contribution in [2.75, 3.05) is 10.5 Å². The number of benzene rings is 2. The van der Waals surface area contributed by atoms with Gasteiger partial charge in [-0.05, 0) is 36.4 Å². The predicted molar refractivity (Wildman–Crippen MR) is 82.0 cm³/mol. The number of nitrogens with one attached hydrogen (secondary N) is 1. The number of rotatable bonds is 5. The van der Waals surface area contributed by atoms with Gasteiger partial charge < -0.3 is 15.9 Å². The highest BCUT2D eigenvalue weighted by Gasteiger charge is 2.23. The van der Waals surface area contributed by atoms with Crippen molar-refractivity contribution in [3.05, 3.63) is 53.6 Å². The first kappa shape index (κ1) is 16.3. The fraction of sp³-hybridized carbons (Fsp3) is 0. The van der Waals surface area contributed by atoms with Crippen molar-refractivity contribution in [2.24, 2.45) is 0 Å². The second-order valence-electron chi connectivity index (χ2n) is 4.55. The summed E-state index contributed by atoms with van der Waals surface area (Å²) in [5.41, 5.74) is 4.98. The van der Waals surface area contributed by atoms with Crippen LogP contribution in [0.3, 0.4) is 0 Å². The van der Waals surface area contributed by atoms with Crippen molar-refractivity contribution in [1.29, 1.82) is 0 Å². The van der Waals surface area contributed by atoms with E-state index in [0.717, 1.165) is 18.2 Å². The van der Waals surface area contributed by atoms with Gasteiger partial charge >= 0.3 is 11.9 Å². The van der Waals surface area contributed by atoms with E-state index in [4.69, 9.17) is 15.9 Å². The van der Waals surface area contributed by atoms with Crippen molar-refractivity contribution in [3.8, 4) is 0 Å². The van der Waals surface area contributed by atoms with Gasteiger partial charge in [0.2, 0.25) is 0 Å². The summed E-state index contributed by atoms with van der Waals surface area (Å²) < 4.78 is 26.9. The first-order valence-corrected chi connectivity index (χ1v) is 7.68. The third-order valence-corrected chi connectivity index (χ3v) is 4.32. The maximum atomic E-state index is 12.4. The highest BCUT2D eigenvalue weighted by Crippen LogP contribution is 2.22. The Hall–Kier alpha value is -3.07. The summed E-state index contributed by atoms with van der Waals surface area (Å²) >= 11 is 0. The van der Waals surface area contributed by atoms with Gasteiger partial charge in [0.25, 0.3) is 10.0 Å². The molecule has 0 bridgehead atoms. The van der Waals surface area contributed by atoms with Crippen LogP contribution in [-0.4, -0.2) is 30.6 Å². The maximum Gasteiger partial charge on any atom is 0.337 e. The van der Waals surface area contributed by atoms with Crippen LogP contribution in [0, 0.1) is 0 Å². The van der Waals surface area contributed by atoms with E-state index in [1.165, 1.54) is 24.3 Å². The number of carbonyl (C=O) groups is 2. The number of anilines is 2. The third kappa shape index (κ3) is 3.58. The zero-order valence-corrected chi connectivity index (χ0v) is 12.4. The summed E-state index contributed by atoms with van der Waals surface area (Å²) in [4.78, 5) is 21.6. The Kier molecular flexibility index (Phi) is 4.23. The van der Waals surface area contributed by atoms with Crippen molar-refractivity contribution in [1.82, 2.24) is 0 Å². The maximum absolute atomic E-state index is 12.4. The largest absolute Gasteiger partial charge is 0.478 e. The van der Waals surface area contributed by atoms with Crippen molar-refractivity contribution >= 4 is 33.3 Å². The highest BCUT2D eigenvalue weighted by atomic mass is 32.2. The first-order valence-electron chi connectivity index (χ1n) is 6.20. The summed E-state index contributed by atoms with van der Waals surface area (Å²) in [6.45, 7) is 0. The summed E-state index contributed by atoms with van der Waals surface area (Å²) in [7, 11) is -4.23. The summed E-state index contributed by atoms with van der Waals surface area (Å²) in [6.07, 6.45) is 0. The molecular weight excluding hydrogens is 324 g/mol. The highest BCUT2D eigenvalue weighted by molar-refractivity contribution is 7.92. The lowest BCUT2D eigenvalue weighted by molar-refractivity contribution is 0.0684. The molecule has 0 spiro atoms. The van der Waals surface area contributed by atoms with Crippen LogP contribution in [0.4, 0.5) is 11.4 Å². The van der Waals surface area contributed by atoms with Gasteiger partial charge in [-0.3, -0.25) is 4.72 Å². The van der Waals surface area contributed by atoms with Crippen LogP contribution in [0.1, 0.15) is 20.7 Å². The van der Waals surface area contributed by atoms with Crippen LogP contribution in [0.15, 0.2) is 47.4 Å². The molecule has 0 amide bonds. The molecule has 0 unspecified atom stereocenters. The van der Waals surface area contributed by atoms with E-state index in [9.17, 15) is 18.0 Å². The van der Waals surface area contributed by atoms with Crippen molar-refractivity contribution < 1.29 is 28.2 Å². The van der Waals surface area contributed by atoms with Crippen LogP contribution in [-0.2, 0) is 10.0 Å². The third-order valence-electron chi connectivity index (χ3n) is 2.89. The number of aromatic carboxylic acids is 2. The quantitative estimate of drug-likeness (QED) is 0.604. The van der Waals surface area contributed by atoms with Gasteiger partial charge in [0.15, 0.2) is 0 Å². The molecule has 8 nitrogen and oxygen atoms in total. The van der Waals surface area contributed by atoms with Crippen molar-refractivity contribution in [3.63, 3.8) is 0 Å². The fourth-order valence-corrected chi connectivity index (χ4v) is 3.11. The molecule has 0 saturated carbocycles. The second kappa shape index (κ2) is 5.97. The minimum absolute atomic E-state index is 0.00179. The fourth-order valence-electron chi connectivity index (χ4n) is 1.87. The van der Waals surface area contributed by atoms with Crippen molar-refractivity contribution in [2.45, 2.75) is 4.90 Å². The Morgan fingerprint density at radius 3 is 2.30 bits per heavy atom. The smallest absolute Gasteiger partial charge is 0.337 e. The molecule has 2 aromatic rings. The van der Waals surface area contributed by atoms with E-state index in [0.29, 0.717) is 0 Å². The lowest BCUT2D eigenvalue weighted by atomic mass is 10.2. The second-order valence-corrected chi connectivity index (χ2v) is 6.20. The normalized spacial score (nSPS) is 11.0. The minimum Gasteiger partial charge on any atom is -0.478 e. The van der Waals surface area contributed by atoms with Crippen LogP contribution < -0.4 is 10.5 Å². The molecule has 120 valence electrons. The Balaban J connectivity index is 2.46. The zero-order chi connectivity index (χ0) is 17.2. The van der Waals surface area contributed by atoms with E-state index in [1.54, 1.807) is 0 Å². The summed E-state index contributed by atoms with van der Waals surface area (Å²) in [5.74, 6) is -2.67. The average molecular weight is 336 g/mol. The van der Waals surface area contributed by atoms with Crippen LogP contribution in [0.5, 0.6) is 0 Å². The van der Waals surface area contributed by atoms with Crippen LogP contribution in [0.2, 0.25) is 0 Å². The molecule has 9 heteroatoms. The first-order chi connectivity index (χ1) is 10.7. The molecule has 0 fully saturated rings. The Labute approximate surface area is 131 Å². The van der Waals surface area contributed by atoms with Gasteiger partial charge in [-0.25, -0.2) is 18.0 Å². The van der Waals surface area contributed by atoms with E-state index in [2.05, 4.69) is 4.72 Å². The summed E-state index contributed by atoms with van der Waals surface area (Å²) in [5, 5.41) is 18.0. The number of carboxylic acids is 2. The number of nitrogen functional groups attached to an aromatic ring is 1. The van der Waals surface area contributed by atoms with E-state index < -0.39 is 32.4 Å². The average Bonchev–Trinajstić information content (AvgIpc) is 2.46. The zero-order valence-electron chi connectivity index (χ0n) is 11.6. The summed E-state index contributed by atoms with van der Waals surface area (Å²) in [6, 6.07) is 8.50. The topological polar surface area (TPSA) is 147 Å². The number of hydrogen-bond donors (Lipinski definition) is 4. The monoisotopic (exact) mass is 336 g/mol. The molecule has 0 aliphatic carbocycles. The van der Waals surface area contributed by atoms with Gasteiger partial charge in [-0.15, -0.1) is 0 Å². The number of nitrogens with two attached hydrogens (primary N) is 1. The van der Waals surface area contributed by atoms with Crippen LogP contribution in [0.25, 0.3) is 0 Å². The Bertz CT molecular complexity index is 892. The molecule has 0 atom stereocenters. The molecule has 0 aliphatic heterocycles. The lowest BCUT2D eigenvalue weighted by Crippen LogP contribution is -2.17. The van der Waals surface area contributed by atoms with Gasteiger partial charge in [0.1, 0.15) is 4.90 Å².